The standard InChI is InChI=1S/C63H111NO8/c1-6-8-10-12-14-16-18-20-21-22-23-24-25-26-27-28-29-30-31-32-33-34-35-36-37-38-39-40-41-42-44-46-48-50-52-54-61(66)72-59(58-71-63(62(67)68)69-56-55-64(3,4)5)57-70-60(65)53-51-49-47-45-43-19-17-15-13-11-9-7-2/h8,10,14,16,20-21,23-24,26-27,29-30,59,63H,6-7,9,11-13,15,17-19,22,25,28,31-58H2,1-5H3/p+1/b10-8-,16-14-,21-20-,24-23-,27-26-,30-29-. The van der Waals surface area contributed by atoms with Crippen LogP contribution in [0.2, 0.25) is 0 Å². The number of hydrogen-bond donors (Lipinski definition) is 1. The van der Waals surface area contributed by atoms with Crippen LogP contribution in [0.1, 0.15) is 251 Å². The van der Waals surface area contributed by atoms with Crippen LogP contribution in [0.25, 0.3) is 0 Å². The number of quaternary nitrogens is 1. The van der Waals surface area contributed by atoms with Gasteiger partial charge in [-0.2, -0.15) is 0 Å². The zero-order chi connectivity index (χ0) is 52.7. The molecule has 1 N–H and O–H groups in total. The molecule has 0 aliphatic carbocycles. The highest BCUT2D eigenvalue weighted by atomic mass is 16.7. The molecule has 72 heavy (non-hydrogen) atoms. The SMILES string of the molecule is CC/C=C\C/C=C\C/C=C\C/C=C\C/C=C\C/C=C\CCCCCCCCCCCCCCCCCCC(=O)OC(COC(=O)CCCCCCCCCCCCCC)COC(OCC[N+](C)(C)C)C(=O)O. The Labute approximate surface area is 443 Å². The van der Waals surface area contributed by atoms with Gasteiger partial charge >= 0.3 is 17.9 Å². The van der Waals surface area contributed by atoms with E-state index in [1.807, 2.05) is 21.1 Å². The number of carboxylic acids is 1. The van der Waals surface area contributed by atoms with Gasteiger partial charge in [-0.15, -0.1) is 0 Å². The van der Waals surface area contributed by atoms with Crippen molar-refractivity contribution in [2.75, 3.05) is 47.5 Å². The monoisotopic (exact) mass is 1010 g/mol. The molecule has 0 heterocycles. The fourth-order valence-corrected chi connectivity index (χ4v) is 8.19. The van der Waals surface area contributed by atoms with E-state index in [1.165, 1.54) is 148 Å². The van der Waals surface area contributed by atoms with E-state index in [9.17, 15) is 19.5 Å². The highest BCUT2D eigenvalue weighted by Crippen LogP contribution is 2.16. The van der Waals surface area contributed by atoms with Crippen molar-refractivity contribution in [1.29, 1.82) is 0 Å². The number of hydrogen-bond acceptors (Lipinski definition) is 7. The molecular weight excluding hydrogens is 899 g/mol. The summed E-state index contributed by atoms with van der Waals surface area (Å²) in [7, 11) is 5.97. The van der Waals surface area contributed by atoms with E-state index in [2.05, 4.69) is 86.8 Å². The molecule has 0 aromatic heterocycles. The van der Waals surface area contributed by atoms with Crippen LogP contribution in [0.4, 0.5) is 0 Å². The lowest BCUT2D eigenvalue weighted by atomic mass is 10.0. The second kappa shape index (κ2) is 54.0. The molecule has 9 nitrogen and oxygen atoms in total. The van der Waals surface area contributed by atoms with E-state index in [0.29, 0.717) is 17.4 Å². The number of rotatable bonds is 54. The molecule has 0 aliphatic rings. The van der Waals surface area contributed by atoms with E-state index < -0.39 is 24.3 Å². The largest absolute Gasteiger partial charge is 0.477 e. The molecule has 0 aromatic carbocycles. The van der Waals surface area contributed by atoms with Gasteiger partial charge in [0.1, 0.15) is 13.2 Å². The number of allylic oxidation sites excluding steroid dienone is 12. The first kappa shape index (κ1) is 68.7. The molecule has 0 amide bonds. The molecule has 416 valence electrons. The topological polar surface area (TPSA) is 108 Å². The first-order chi connectivity index (χ1) is 35.1. The van der Waals surface area contributed by atoms with Crippen LogP contribution >= 0.6 is 0 Å². The summed E-state index contributed by atoms with van der Waals surface area (Å²) in [6.45, 7) is 4.77. The van der Waals surface area contributed by atoms with E-state index in [1.54, 1.807) is 0 Å². The van der Waals surface area contributed by atoms with Gasteiger partial charge < -0.3 is 28.5 Å². The minimum atomic E-state index is -1.51. The van der Waals surface area contributed by atoms with Crippen molar-refractivity contribution in [2.45, 2.75) is 264 Å². The molecule has 0 rings (SSSR count). The maximum Gasteiger partial charge on any atom is 0.361 e. The smallest absolute Gasteiger partial charge is 0.361 e. The summed E-state index contributed by atoms with van der Waals surface area (Å²) < 4.78 is 22.8. The predicted octanol–water partition coefficient (Wildman–Crippen LogP) is 17.4. The Morgan fingerprint density at radius 3 is 1.18 bits per heavy atom. The van der Waals surface area contributed by atoms with Crippen molar-refractivity contribution in [3.8, 4) is 0 Å². The third kappa shape index (κ3) is 54.5. The second-order valence-electron chi connectivity index (χ2n) is 20.9. The van der Waals surface area contributed by atoms with Gasteiger partial charge in [0.25, 0.3) is 6.29 Å². The molecule has 0 bridgehead atoms. The van der Waals surface area contributed by atoms with Gasteiger partial charge in [-0.1, -0.05) is 247 Å². The van der Waals surface area contributed by atoms with Gasteiger partial charge in [-0.05, 0) is 64.2 Å². The van der Waals surface area contributed by atoms with Gasteiger partial charge in [0.15, 0.2) is 6.10 Å². The third-order valence-corrected chi connectivity index (χ3v) is 12.7. The minimum Gasteiger partial charge on any atom is -0.477 e. The molecule has 0 fully saturated rings. The van der Waals surface area contributed by atoms with Crippen LogP contribution in [0, 0.1) is 0 Å². The normalized spacial score (nSPS) is 13.3. The summed E-state index contributed by atoms with van der Waals surface area (Å²) >= 11 is 0. The number of carboxylic acid groups (broad SMARTS) is 1. The van der Waals surface area contributed by atoms with Crippen LogP contribution in [0.3, 0.4) is 0 Å². The van der Waals surface area contributed by atoms with Crippen LogP contribution in [-0.2, 0) is 33.3 Å². The third-order valence-electron chi connectivity index (χ3n) is 12.7. The summed E-state index contributed by atoms with van der Waals surface area (Å²) in [6.07, 6.45) is 67.1. The fraction of sp³-hybridized carbons (Fsp3) is 0.762. The summed E-state index contributed by atoms with van der Waals surface area (Å²) in [5.41, 5.74) is 0. The number of esters is 2. The van der Waals surface area contributed by atoms with Gasteiger partial charge in [-0.3, -0.25) is 9.59 Å². The average Bonchev–Trinajstić information content (AvgIpc) is 3.35. The Hall–Kier alpha value is -3.27. The lowest BCUT2D eigenvalue weighted by Gasteiger charge is -2.25. The van der Waals surface area contributed by atoms with Crippen molar-refractivity contribution >= 4 is 17.9 Å². The first-order valence-electron chi connectivity index (χ1n) is 29.6. The molecule has 0 saturated carbocycles. The van der Waals surface area contributed by atoms with Crippen molar-refractivity contribution in [3.05, 3.63) is 72.9 Å². The van der Waals surface area contributed by atoms with Crippen LogP contribution in [0.15, 0.2) is 72.9 Å². The van der Waals surface area contributed by atoms with Crippen molar-refractivity contribution in [1.82, 2.24) is 0 Å². The molecule has 0 aromatic rings. The summed E-state index contributed by atoms with van der Waals surface area (Å²) in [6, 6.07) is 0. The molecule has 2 atom stereocenters. The summed E-state index contributed by atoms with van der Waals surface area (Å²) in [5.74, 6) is -2.00. The molecule has 0 saturated heterocycles. The van der Waals surface area contributed by atoms with Crippen molar-refractivity contribution in [2.24, 2.45) is 0 Å². The zero-order valence-electron chi connectivity index (χ0n) is 47.3. The average molecular weight is 1010 g/mol. The van der Waals surface area contributed by atoms with E-state index in [0.717, 1.165) is 77.0 Å². The molecule has 0 aliphatic heterocycles. The number of carbonyl (C=O) groups excluding carboxylic acids is 2. The quantitative estimate of drug-likeness (QED) is 0.0211. The maximum atomic E-state index is 12.9. The highest BCUT2D eigenvalue weighted by Gasteiger charge is 2.25. The number of ether oxygens (including phenoxy) is 4. The Bertz CT molecular complexity index is 1410. The van der Waals surface area contributed by atoms with E-state index in [-0.39, 0.29) is 32.2 Å². The molecule has 0 radical (unpaired) electrons. The van der Waals surface area contributed by atoms with Crippen molar-refractivity contribution < 1.29 is 42.9 Å². The Morgan fingerprint density at radius 1 is 0.431 bits per heavy atom. The number of likely N-dealkylation sites (N-methyl/N-ethyl adjacent to an activating group) is 1. The van der Waals surface area contributed by atoms with Crippen LogP contribution < -0.4 is 0 Å². The fourth-order valence-electron chi connectivity index (χ4n) is 8.19. The minimum absolute atomic E-state index is 0.180. The van der Waals surface area contributed by atoms with Gasteiger partial charge in [-0.25, -0.2) is 4.79 Å². The van der Waals surface area contributed by atoms with Crippen LogP contribution in [-0.4, -0.2) is 87.4 Å². The van der Waals surface area contributed by atoms with E-state index in [4.69, 9.17) is 18.9 Å². The number of aliphatic carboxylic acids is 1. The number of carbonyl (C=O) groups is 3. The number of unbranched alkanes of at least 4 members (excludes halogenated alkanes) is 27. The molecule has 0 spiro atoms. The molecule has 2 unspecified atom stereocenters. The lowest BCUT2D eigenvalue weighted by Crippen LogP contribution is -2.40. The van der Waals surface area contributed by atoms with Gasteiger partial charge in [0.05, 0.1) is 34.4 Å². The predicted molar refractivity (Wildman–Crippen MR) is 304 cm³/mol. The van der Waals surface area contributed by atoms with Gasteiger partial charge in [0.2, 0.25) is 0 Å². The van der Waals surface area contributed by atoms with Crippen LogP contribution in [0.5, 0.6) is 0 Å². The summed E-state index contributed by atoms with van der Waals surface area (Å²) in [5, 5.41) is 9.68. The van der Waals surface area contributed by atoms with Gasteiger partial charge in [0, 0.05) is 12.8 Å². The first-order valence-corrected chi connectivity index (χ1v) is 29.6. The Balaban J connectivity index is 4.06. The van der Waals surface area contributed by atoms with Crippen molar-refractivity contribution in [3.63, 3.8) is 0 Å². The lowest BCUT2D eigenvalue weighted by molar-refractivity contribution is -0.870. The summed E-state index contributed by atoms with van der Waals surface area (Å²) in [4.78, 5) is 37.3. The maximum absolute atomic E-state index is 12.9. The Morgan fingerprint density at radius 2 is 0.792 bits per heavy atom. The molecule has 9 heteroatoms. The molecular formula is C63H112NO8+. The Kier molecular flexibility index (Phi) is 51.6. The number of nitrogens with zero attached hydrogens (tertiary/aromatic N) is 1. The zero-order valence-corrected chi connectivity index (χ0v) is 47.3. The second-order valence-corrected chi connectivity index (χ2v) is 20.9. The van der Waals surface area contributed by atoms with E-state index >= 15 is 0 Å². The highest BCUT2D eigenvalue weighted by molar-refractivity contribution is 5.71.